The average Bonchev–Trinajstić information content (AvgIpc) is 3.17. The zero-order valence-electron chi connectivity index (χ0n) is 17.6. The quantitative estimate of drug-likeness (QED) is 0.338. The Morgan fingerprint density at radius 2 is 1.83 bits per heavy atom. The lowest BCUT2D eigenvalue weighted by Gasteiger charge is -2.33. The van der Waals surface area contributed by atoms with Gasteiger partial charge in [0.1, 0.15) is 11.5 Å². The molecule has 160 valence electrons. The second-order valence-corrected chi connectivity index (χ2v) is 7.04. The number of nitrogens with one attached hydrogen (secondary N) is 2. The molecule has 1 fully saturated rings. The van der Waals surface area contributed by atoms with Crippen molar-refractivity contribution < 1.29 is 9.15 Å². The van der Waals surface area contributed by atoms with Crippen molar-refractivity contribution in [2.24, 2.45) is 4.99 Å². The number of rotatable bonds is 7. The normalized spacial score (nSPS) is 16.2. The first kappa shape index (κ1) is 23.7. The third kappa shape index (κ3) is 6.72. The molecule has 2 aromatic rings. The molecule has 0 bridgehead atoms. The fourth-order valence-electron chi connectivity index (χ4n) is 3.60. The molecule has 1 aliphatic rings. The number of aliphatic imine (C=N–C) groups is 1. The van der Waals surface area contributed by atoms with Crippen LogP contribution < -0.4 is 10.6 Å². The number of morpholine rings is 1. The topological polar surface area (TPSA) is 62.0 Å². The van der Waals surface area contributed by atoms with Crippen LogP contribution in [-0.4, -0.2) is 50.8 Å². The number of furan rings is 1. The molecule has 1 saturated heterocycles. The Balaban J connectivity index is 0.00000300. The van der Waals surface area contributed by atoms with E-state index in [1.54, 1.807) is 0 Å². The van der Waals surface area contributed by atoms with Gasteiger partial charge in [-0.15, -0.1) is 24.0 Å². The molecule has 2 N–H and O–H groups in total. The van der Waals surface area contributed by atoms with Crippen molar-refractivity contribution in [3.8, 4) is 0 Å². The molecule has 2 heterocycles. The Kier molecular flexibility index (Phi) is 9.96. The predicted molar refractivity (Wildman–Crippen MR) is 128 cm³/mol. The van der Waals surface area contributed by atoms with E-state index in [4.69, 9.17) is 9.15 Å². The summed E-state index contributed by atoms with van der Waals surface area (Å²) in [5.74, 6) is 2.72. The Hall–Kier alpha value is -1.58. The summed E-state index contributed by atoms with van der Waals surface area (Å²) in [6.07, 6.45) is 1.03. The number of benzene rings is 1. The summed E-state index contributed by atoms with van der Waals surface area (Å²) < 4.78 is 11.5. The molecule has 1 aromatic carbocycles. The third-order valence-electron chi connectivity index (χ3n) is 5.21. The van der Waals surface area contributed by atoms with Crippen LogP contribution in [0.2, 0.25) is 0 Å². The molecule has 0 spiro atoms. The van der Waals surface area contributed by atoms with Gasteiger partial charge in [-0.05, 0) is 36.6 Å². The molecule has 1 aliphatic heterocycles. The van der Waals surface area contributed by atoms with Crippen LogP contribution in [0.1, 0.15) is 35.6 Å². The van der Waals surface area contributed by atoms with Crippen molar-refractivity contribution in [3.63, 3.8) is 0 Å². The first-order valence-electron chi connectivity index (χ1n) is 10.1. The average molecular weight is 512 g/mol. The van der Waals surface area contributed by atoms with Crippen LogP contribution in [0.15, 0.2) is 45.8 Å². The Morgan fingerprint density at radius 1 is 1.10 bits per heavy atom. The van der Waals surface area contributed by atoms with E-state index in [-0.39, 0.29) is 30.0 Å². The summed E-state index contributed by atoms with van der Waals surface area (Å²) in [7, 11) is 1.81. The van der Waals surface area contributed by atoms with Gasteiger partial charge in [-0.25, -0.2) is 0 Å². The molecular formula is C22H33IN4O2. The number of nitrogens with zero attached hydrogens (tertiary/aromatic N) is 2. The highest BCUT2D eigenvalue weighted by atomic mass is 127. The van der Waals surface area contributed by atoms with Gasteiger partial charge in [0, 0.05) is 33.2 Å². The number of hydrogen-bond donors (Lipinski definition) is 2. The maximum absolute atomic E-state index is 5.94. The van der Waals surface area contributed by atoms with Crippen molar-refractivity contribution in [1.82, 2.24) is 15.5 Å². The second kappa shape index (κ2) is 12.2. The van der Waals surface area contributed by atoms with E-state index in [1.807, 2.05) is 20.0 Å². The molecule has 0 aliphatic carbocycles. The lowest BCUT2D eigenvalue weighted by atomic mass is 10.1. The van der Waals surface area contributed by atoms with E-state index in [0.29, 0.717) is 0 Å². The highest BCUT2D eigenvalue weighted by molar-refractivity contribution is 14.0. The van der Waals surface area contributed by atoms with Crippen LogP contribution in [0, 0.1) is 6.92 Å². The van der Waals surface area contributed by atoms with Crippen molar-refractivity contribution in [2.75, 3.05) is 39.9 Å². The molecule has 1 atom stereocenters. The van der Waals surface area contributed by atoms with Gasteiger partial charge >= 0.3 is 0 Å². The van der Waals surface area contributed by atoms with Crippen LogP contribution in [0.5, 0.6) is 0 Å². The Bertz CT molecular complexity index is 772. The first-order valence-corrected chi connectivity index (χ1v) is 10.1. The van der Waals surface area contributed by atoms with Crippen molar-refractivity contribution >= 4 is 29.9 Å². The summed E-state index contributed by atoms with van der Waals surface area (Å²) in [4.78, 5) is 6.81. The van der Waals surface area contributed by atoms with E-state index in [2.05, 4.69) is 57.8 Å². The largest absolute Gasteiger partial charge is 0.465 e. The highest BCUT2D eigenvalue weighted by Gasteiger charge is 2.25. The molecule has 6 nitrogen and oxygen atoms in total. The lowest BCUT2D eigenvalue weighted by molar-refractivity contribution is 0.0124. The van der Waals surface area contributed by atoms with Crippen molar-refractivity contribution in [1.29, 1.82) is 0 Å². The van der Waals surface area contributed by atoms with E-state index in [9.17, 15) is 0 Å². The molecule has 0 saturated carbocycles. The van der Waals surface area contributed by atoms with E-state index in [0.717, 1.165) is 63.3 Å². The lowest BCUT2D eigenvalue weighted by Crippen LogP contribution is -2.46. The van der Waals surface area contributed by atoms with Crippen LogP contribution in [0.4, 0.5) is 0 Å². The molecule has 0 amide bonds. The van der Waals surface area contributed by atoms with Crippen molar-refractivity contribution in [3.05, 3.63) is 59.0 Å². The minimum atomic E-state index is 0. The summed E-state index contributed by atoms with van der Waals surface area (Å²) >= 11 is 0. The van der Waals surface area contributed by atoms with E-state index < -0.39 is 0 Å². The van der Waals surface area contributed by atoms with Gasteiger partial charge in [-0.1, -0.05) is 31.2 Å². The van der Waals surface area contributed by atoms with Gasteiger partial charge in [0.05, 0.1) is 19.3 Å². The molecule has 3 rings (SSSR count). The molecule has 0 radical (unpaired) electrons. The minimum absolute atomic E-state index is 0. The maximum atomic E-state index is 5.94. The summed E-state index contributed by atoms with van der Waals surface area (Å²) in [6.45, 7) is 8.98. The highest BCUT2D eigenvalue weighted by Crippen LogP contribution is 2.23. The predicted octanol–water partition coefficient (Wildman–Crippen LogP) is 3.51. The Morgan fingerprint density at radius 3 is 2.45 bits per heavy atom. The fourth-order valence-corrected chi connectivity index (χ4v) is 3.60. The van der Waals surface area contributed by atoms with E-state index in [1.165, 1.54) is 11.1 Å². The SMILES string of the molecule is CCc1ccccc1CNC(=NC)NCC(c1ccc(C)o1)N1CCOCC1.I. The second-order valence-electron chi connectivity index (χ2n) is 7.04. The number of ether oxygens (including phenoxy) is 1. The van der Waals surface area contributed by atoms with E-state index >= 15 is 0 Å². The van der Waals surface area contributed by atoms with Gasteiger partial charge in [0.2, 0.25) is 0 Å². The standard InChI is InChI=1S/C22H32N4O2.HI/c1-4-18-7-5-6-8-19(18)15-24-22(23-3)25-16-20(21-10-9-17(2)28-21)26-11-13-27-14-12-26;/h5-10,20H,4,11-16H2,1-3H3,(H2,23,24,25);1H. The smallest absolute Gasteiger partial charge is 0.191 e. The molecule has 1 unspecified atom stereocenters. The number of aryl methyl sites for hydroxylation is 2. The molecule has 29 heavy (non-hydrogen) atoms. The monoisotopic (exact) mass is 512 g/mol. The van der Waals surface area contributed by atoms with Gasteiger partial charge in [0.15, 0.2) is 5.96 Å². The van der Waals surface area contributed by atoms with Gasteiger partial charge < -0.3 is 19.8 Å². The van der Waals surface area contributed by atoms with Crippen LogP contribution in [0.25, 0.3) is 0 Å². The number of hydrogen-bond acceptors (Lipinski definition) is 4. The maximum Gasteiger partial charge on any atom is 0.191 e. The minimum Gasteiger partial charge on any atom is -0.465 e. The first-order chi connectivity index (χ1) is 13.7. The summed E-state index contributed by atoms with van der Waals surface area (Å²) in [5.41, 5.74) is 2.67. The zero-order chi connectivity index (χ0) is 19.8. The number of guanidine groups is 1. The fraction of sp³-hybridized carbons (Fsp3) is 0.500. The van der Waals surface area contributed by atoms with Crippen molar-refractivity contribution in [2.45, 2.75) is 32.9 Å². The third-order valence-corrected chi connectivity index (χ3v) is 5.21. The molecular weight excluding hydrogens is 479 g/mol. The van der Waals surface area contributed by atoms with Gasteiger partial charge in [0.25, 0.3) is 0 Å². The Labute approximate surface area is 191 Å². The van der Waals surface area contributed by atoms with Gasteiger partial charge in [-0.3, -0.25) is 9.89 Å². The summed E-state index contributed by atoms with van der Waals surface area (Å²) in [6, 6.07) is 12.8. The molecule has 7 heteroatoms. The van der Waals surface area contributed by atoms with Gasteiger partial charge in [-0.2, -0.15) is 0 Å². The zero-order valence-corrected chi connectivity index (χ0v) is 19.9. The van der Waals surface area contributed by atoms with Crippen LogP contribution in [0.3, 0.4) is 0 Å². The number of halogens is 1. The van der Waals surface area contributed by atoms with Crippen LogP contribution >= 0.6 is 24.0 Å². The molecule has 1 aromatic heterocycles. The summed E-state index contributed by atoms with van der Waals surface area (Å²) in [5, 5.41) is 6.92. The van der Waals surface area contributed by atoms with Crippen LogP contribution in [-0.2, 0) is 17.7 Å².